The van der Waals surface area contributed by atoms with Gasteiger partial charge in [-0.15, -0.1) is 0 Å². The number of carboxylic acid groups (broad SMARTS) is 1. The molecule has 0 aromatic rings. The zero-order valence-corrected chi connectivity index (χ0v) is 11.6. The number of rotatable bonds is 5. The Hall–Kier alpha value is -1.26. The van der Waals surface area contributed by atoms with Crippen molar-refractivity contribution in [3.8, 4) is 0 Å². The van der Waals surface area contributed by atoms with Crippen molar-refractivity contribution in [2.24, 2.45) is 11.3 Å². The molecule has 0 aliphatic heterocycles. The summed E-state index contributed by atoms with van der Waals surface area (Å²) in [6.07, 6.45) is 1.82. The van der Waals surface area contributed by atoms with Gasteiger partial charge in [-0.2, -0.15) is 0 Å². The largest absolute Gasteiger partial charge is 0.481 e. The van der Waals surface area contributed by atoms with E-state index in [4.69, 9.17) is 4.74 Å². The minimum Gasteiger partial charge on any atom is -0.481 e. The molecular formula is C13H23NO4. The molecule has 1 aliphatic carbocycles. The van der Waals surface area contributed by atoms with Crippen LogP contribution in [0.15, 0.2) is 0 Å². The van der Waals surface area contributed by atoms with Gasteiger partial charge in [-0.3, -0.25) is 4.79 Å². The summed E-state index contributed by atoms with van der Waals surface area (Å²) in [5, 5.41) is 12.0. The average molecular weight is 257 g/mol. The highest BCUT2D eigenvalue weighted by Gasteiger charge is 2.50. The molecule has 0 saturated heterocycles. The van der Waals surface area contributed by atoms with Crippen LogP contribution in [0.4, 0.5) is 4.79 Å². The number of hydrogen-bond acceptors (Lipinski definition) is 3. The van der Waals surface area contributed by atoms with Gasteiger partial charge >= 0.3 is 12.1 Å². The number of nitrogens with one attached hydrogen (secondary N) is 1. The van der Waals surface area contributed by atoms with Crippen LogP contribution in [0, 0.1) is 11.3 Å². The molecule has 5 nitrogen and oxygen atoms in total. The minimum absolute atomic E-state index is 0.137. The van der Waals surface area contributed by atoms with Gasteiger partial charge in [0.25, 0.3) is 0 Å². The van der Waals surface area contributed by atoms with E-state index >= 15 is 0 Å². The minimum atomic E-state index is -0.836. The van der Waals surface area contributed by atoms with Gasteiger partial charge in [0.05, 0.1) is 5.41 Å². The van der Waals surface area contributed by atoms with Crippen molar-refractivity contribution in [2.75, 3.05) is 6.54 Å². The molecule has 0 aromatic carbocycles. The Bertz CT molecular complexity index is 330. The molecule has 1 amide bonds. The fourth-order valence-corrected chi connectivity index (χ4v) is 2.14. The highest BCUT2D eigenvalue weighted by molar-refractivity contribution is 5.77. The molecule has 0 radical (unpaired) electrons. The van der Waals surface area contributed by atoms with Crippen molar-refractivity contribution < 1.29 is 19.4 Å². The summed E-state index contributed by atoms with van der Waals surface area (Å²) in [6, 6.07) is 0. The molecule has 1 saturated carbocycles. The van der Waals surface area contributed by atoms with Gasteiger partial charge in [0, 0.05) is 6.54 Å². The summed E-state index contributed by atoms with van der Waals surface area (Å²) < 4.78 is 5.11. The number of carbonyl (C=O) groups is 2. The molecule has 1 atom stereocenters. The van der Waals surface area contributed by atoms with E-state index in [0.717, 1.165) is 12.8 Å². The summed E-state index contributed by atoms with van der Waals surface area (Å²) in [5.41, 5.74) is -1.40. The van der Waals surface area contributed by atoms with Crippen molar-refractivity contribution in [1.29, 1.82) is 0 Å². The van der Waals surface area contributed by atoms with Gasteiger partial charge < -0.3 is 15.2 Å². The SMILES string of the molecule is CCC(CNC(=O)OC(C)(C)C)(C(=O)O)C1CC1. The highest BCUT2D eigenvalue weighted by Crippen LogP contribution is 2.47. The Labute approximate surface area is 108 Å². The second-order valence-electron chi connectivity index (χ2n) is 5.94. The molecule has 1 aliphatic rings. The van der Waals surface area contributed by atoms with Gasteiger partial charge in [0.2, 0.25) is 0 Å². The number of alkyl carbamates (subject to hydrolysis) is 1. The lowest BCUT2D eigenvalue weighted by Crippen LogP contribution is -2.45. The van der Waals surface area contributed by atoms with E-state index in [9.17, 15) is 14.7 Å². The molecule has 0 aromatic heterocycles. The molecule has 5 heteroatoms. The van der Waals surface area contributed by atoms with E-state index in [0.29, 0.717) is 6.42 Å². The summed E-state index contributed by atoms with van der Waals surface area (Å²) in [5.74, 6) is -0.654. The summed E-state index contributed by atoms with van der Waals surface area (Å²) in [4.78, 5) is 23.0. The zero-order valence-electron chi connectivity index (χ0n) is 11.6. The Morgan fingerprint density at radius 1 is 1.33 bits per heavy atom. The fraction of sp³-hybridized carbons (Fsp3) is 0.846. The summed E-state index contributed by atoms with van der Waals surface area (Å²) in [6.45, 7) is 7.31. The number of carbonyl (C=O) groups excluding carboxylic acids is 1. The maximum atomic E-state index is 11.6. The van der Waals surface area contributed by atoms with Crippen LogP contribution in [0.2, 0.25) is 0 Å². The maximum absolute atomic E-state index is 11.6. The third kappa shape index (κ3) is 3.62. The molecule has 0 bridgehead atoms. The van der Waals surface area contributed by atoms with Gasteiger partial charge in [0.1, 0.15) is 5.60 Å². The topological polar surface area (TPSA) is 75.6 Å². The van der Waals surface area contributed by atoms with Crippen LogP contribution < -0.4 is 5.32 Å². The first-order valence-electron chi connectivity index (χ1n) is 6.41. The van der Waals surface area contributed by atoms with Gasteiger partial charge in [0.15, 0.2) is 0 Å². The second-order valence-corrected chi connectivity index (χ2v) is 5.94. The number of aliphatic carboxylic acids is 1. The molecule has 2 N–H and O–H groups in total. The lowest BCUT2D eigenvalue weighted by molar-refractivity contribution is -0.150. The maximum Gasteiger partial charge on any atom is 0.407 e. The lowest BCUT2D eigenvalue weighted by Gasteiger charge is -2.29. The van der Waals surface area contributed by atoms with Gasteiger partial charge in [-0.05, 0) is 46.0 Å². The monoisotopic (exact) mass is 257 g/mol. The molecule has 18 heavy (non-hydrogen) atoms. The summed E-state index contributed by atoms with van der Waals surface area (Å²) in [7, 11) is 0. The molecule has 1 fully saturated rings. The molecule has 0 heterocycles. The van der Waals surface area contributed by atoms with Crippen molar-refractivity contribution in [3.63, 3.8) is 0 Å². The zero-order chi connectivity index (χ0) is 14.0. The lowest BCUT2D eigenvalue weighted by atomic mass is 9.80. The van der Waals surface area contributed by atoms with Crippen LogP contribution in [-0.2, 0) is 9.53 Å². The molecule has 0 spiro atoms. The number of ether oxygens (including phenoxy) is 1. The van der Waals surface area contributed by atoms with Crippen molar-refractivity contribution in [3.05, 3.63) is 0 Å². The Balaban J connectivity index is 2.58. The van der Waals surface area contributed by atoms with E-state index in [1.807, 2.05) is 6.92 Å². The number of carboxylic acids is 1. The normalized spacial score (nSPS) is 18.9. The smallest absolute Gasteiger partial charge is 0.407 e. The number of amides is 1. The third-order valence-corrected chi connectivity index (χ3v) is 3.36. The van der Waals surface area contributed by atoms with Crippen molar-refractivity contribution in [1.82, 2.24) is 5.32 Å². The Morgan fingerprint density at radius 3 is 2.22 bits per heavy atom. The first-order chi connectivity index (χ1) is 8.21. The van der Waals surface area contributed by atoms with Crippen LogP contribution >= 0.6 is 0 Å². The predicted molar refractivity (Wildman–Crippen MR) is 67.3 cm³/mol. The molecule has 1 unspecified atom stereocenters. The Kier molecular flexibility index (Phi) is 4.24. The number of hydrogen-bond donors (Lipinski definition) is 2. The first-order valence-corrected chi connectivity index (χ1v) is 6.41. The van der Waals surface area contributed by atoms with Crippen LogP contribution in [0.3, 0.4) is 0 Å². The van der Waals surface area contributed by atoms with E-state index in [1.54, 1.807) is 20.8 Å². The predicted octanol–water partition coefficient (Wildman–Crippen LogP) is 2.40. The molecule has 104 valence electrons. The highest BCUT2D eigenvalue weighted by atomic mass is 16.6. The van der Waals surface area contributed by atoms with Crippen LogP contribution in [-0.4, -0.2) is 29.3 Å². The Morgan fingerprint density at radius 2 is 1.89 bits per heavy atom. The standard InChI is InChI=1S/C13H23NO4/c1-5-13(10(15)16,9-6-7-9)8-14-11(17)18-12(2,3)4/h9H,5-8H2,1-4H3,(H,14,17)(H,15,16). The first kappa shape index (κ1) is 14.8. The van der Waals surface area contributed by atoms with E-state index in [-0.39, 0.29) is 12.5 Å². The van der Waals surface area contributed by atoms with Crippen LogP contribution in [0.25, 0.3) is 0 Å². The van der Waals surface area contributed by atoms with E-state index < -0.39 is 23.1 Å². The van der Waals surface area contributed by atoms with E-state index in [1.165, 1.54) is 0 Å². The van der Waals surface area contributed by atoms with Crippen molar-refractivity contribution >= 4 is 12.1 Å². The third-order valence-electron chi connectivity index (χ3n) is 3.36. The summed E-state index contributed by atoms with van der Waals surface area (Å²) >= 11 is 0. The fourth-order valence-electron chi connectivity index (χ4n) is 2.14. The molecule has 1 rings (SSSR count). The second kappa shape index (κ2) is 5.16. The molecular weight excluding hydrogens is 234 g/mol. The van der Waals surface area contributed by atoms with Crippen molar-refractivity contribution in [2.45, 2.75) is 52.6 Å². The van der Waals surface area contributed by atoms with E-state index in [2.05, 4.69) is 5.32 Å². The van der Waals surface area contributed by atoms with Crippen LogP contribution in [0.1, 0.15) is 47.0 Å². The van der Waals surface area contributed by atoms with Gasteiger partial charge in [-0.1, -0.05) is 6.92 Å². The quantitative estimate of drug-likeness (QED) is 0.793. The van der Waals surface area contributed by atoms with Gasteiger partial charge in [-0.25, -0.2) is 4.79 Å². The van der Waals surface area contributed by atoms with Crippen LogP contribution in [0.5, 0.6) is 0 Å². The average Bonchev–Trinajstić information content (AvgIpc) is 3.00.